The Morgan fingerprint density at radius 3 is 2.47 bits per heavy atom. The first-order valence-corrected chi connectivity index (χ1v) is 20.2. The van der Waals surface area contributed by atoms with Crippen LogP contribution in [0.5, 0.6) is 0 Å². The van der Waals surface area contributed by atoms with E-state index in [0.29, 0.717) is 6.42 Å². The number of hydrogen-bond donors (Lipinski definition) is 0. The van der Waals surface area contributed by atoms with Crippen LogP contribution in [-0.4, -0.2) is 54.1 Å². The van der Waals surface area contributed by atoms with E-state index in [1.165, 1.54) is 31.9 Å². The number of esters is 1. The van der Waals surface area contributed by atoms with Gasteiger partial charge in [0.25, 0.3) is 0 Å². The molecule has 0 spiro atoms. The van der Waals surface area contributed by atoms with Gasteiger partial charge in [-0.05, 0) is 70.5 Å². The summed E-state index contributed by atoms with van der Waals surface area (Å²) in [6.07, 6.45) is 16.6. The average molecular weight is 511 g/mol. The zero-order chi connectivity index (χ0) is 25.4. The monoisotopic (exact) mass is 510 g/mol. The van der Waals surface area contributed by atoms with E-state index in [4.69, 9.17) is 18.3 Å². The van der Waals surface area contributed by atoms with Crippen molar-refractivity contribution < 1.29 is 23.1 Å². The smallest absolute Gasteiger partial charge is 0.305 e. The lowest BCUT2D eigenvalue weighted by Crippen LogP contribution is -2.34. The molecule has 5 atom stereocenters. The molecule has 5 unspecified atom stereocenters. The lowest BCUT2D eigenvalue weighted by Gasteiger charge is -2.28. The average Bonchev–Trinajstić information content (AvgIpc) is 3.24. The number of carbonyl (C=O) groups excluding carboxylic acids is 1. The summed E-state index contributed by atoms with van der Waals surface area (Å²) in [5.41, 5.74) is 1.39. The van der Waals surface area contributed by atoms with Gasteiger partial charge in [0.1, 0.15) is 0 Å². The Kier molecular flexibility index (Phi) is 11.7. The Morgan fingerprint density at radius 1 is 1.12 bits per heavy atom. The van der Waals surface area contributed by atoms with Crippen LogP contribution in [0, 0.1) is 5.92 Å². The van der Waals surface area contributed by atoms with Crippen molar-refractivity contribution in [1.82, 2.24) is 0 Å². The normalized spacial score (nSPS) is 26.1. The second kappa shape index (κ2) is 13.5. The molecule has 1 aliphatic carbocycles. The molecule has 196 valence electrons. The number of rotatable bonds is 15. The maximum Gasteiger partial charge on any atom is 0.305 e. The molecule has 0 N–H and O–H groups in total. The lowest BCUT2D eigenvalue weighted by atomic mass is 9.97. The molecule has 0 aromatic carbocycles. The van der Waals surface area contributed by atoms with Gasteiger partial charge in [-0.1, -0.05) is 44.4 Å². The highest BCUT2D eigenvalue weighted by Crippen LogP contribution is 2.43. The van der Waals surface area contributed by atoms with Crippen molar-refractivity contribution in [2.24, 2.45) is 5.92 Å². The summed E-state index contributed by atoms with van der Waals surface area (Å²) in [6, 6.07) is 0. The van der Waals surface area contributed by atoms with E-state index in [1.807, 2.05) is 0 Å². The van der Waals surface area contributed by atoms with Gasteiger partial charge in [-0.15, -0.1) is 0 Å². The molecule has 2 aliphatic rings. The first-order valence-electron chi connectivity index (χ1n) is 13.4. The molecule has 5 nitrogen and oxygen atoms in total. The molecule has 0 saturated heterocycles. The third kappa shape index (κ3) is 10.5. The zero-order valence-corrected chi connectivity index (χ0v) is 25.0. The Balaban J connectivity index is 2.10. The molecule has 0 amide bonds. The van der Waals surface area contributed by atoms with Crippen LogP contribution in [-0.2, 0) is 23.1 Å². The molecule has 7 heteroatoms. The van der Waals surface area contributed by atoms with Crippen LogP contribution in [0.4, 0.5) is 0 Å². The summed E-state index contributed by atoms with van der Waals surface area (Å²) < 4.78 is 24.3. The van der Waals surface area contributed by atoms with Crippen molar-refractivity contribution in [3.05, 3.63) is 23.8 Å². The molecule has 1 fully saturated rings. The summed E-state index contributed by atoms with van der Waals surface area (Å²) >= 11 is 0. The molecule has 34 heavy (non-hydrogen) atoms. The minimum atomic E-state index is -1.67. The highest BCUT2D eigenvalue weighted by atomic mass is 28.4. The van der Waals surface area contributed by atoms with E-state index >= 15 is 0 Å². The van der Waals surface area contributed by atoms with Crippen molar-refractivity contribution in [2.45, 2.75) is 128 Å². The van der Waals surface area contributed by atoms with Gasteiger partial charge in [0.05, 0.1) is 31.5 Å². The molecule has 0 bridgehead atoms. The van der Waals surface area contributed by atoms with E-state index in [1.54, 1.807) is 0 Å². The highest BCUT2D eigenvalue weighted by molar-refractivity contribution is 6.70. The van der Waals surface area contributed by atoms with Gasteiger partial charge in [-0.3, -0.25) is 4.79 Å². The van der Waals surface area contributed by atoms with Gasteiger partial charge >= 0.3 is 5.97 Å². The molecule has 0 aromatic rings. The van der Waals surface area contributed by atoms with Gasteiger partial charge in [0.15, 0.2) is 16.6 Å². The second-order valence-electron chi connectivity index (χ2n) is 11.8. The van der Waals surface area contributed by atoms with Crippen LogP contribution in [0.2, 0.25) is 39.3 Å². The molecular formula is C27H50O5Si2. The van der Waals surface area contributed by atoms with Crippen LogP contribution in [0.15, 0.2) is 23.8 Å². The van der Waals surface area contributed by atoms with E-state index < -0.39 is 16.6 Å². The summed E-state index contributed by atoms with van der Waals surface area (Å²) in [4.78, 5) is 11.4. The Bertz CT molecular complexity index is 692. The minimum Gasteiger partial charge on any atom is -0.469 e. The van der Waals surface area contributed by atoms with Gasteiger partial charge in [0.2, 0.25) is 0 Å². The van der Waals surface area contributed by atoms with Crippen LogP contribution in [0.25, 0.3) is 0 Å². The Hall–Kier alpha value is -0.736. The number of unbranched alkanes of at least 4 members (excludes halogenated alkanes) is 3. The van der Waals surface area contributed by atoms with Gasteiger partial charge < -0.3 is 18.3 Å². The van der Waals surface area contributed by atoms with E-state index in [0.717, 1.165) is 32.1 Å². The fourth-order valence-electron chi connectivity index (χ4n) is 4.91. The predicted molar refractivity (Wildman–Crippen MR) is 145 cm³/mol. The summed E-state index contributed by atoms with van der Waals surface area (Å²) in [5.74, 6) is 0.129. The topological polar surface area (TPSA) is 54.0 Å². The van der Waals surface area contributed by atoms with E-state index in [9.17, 15) is 4.79 Å². The summed E-state index contributed by atoms with van der Waals surface area (Å²) in [6.45, 7) is 15.9. The minimum absolute atomic E-state index is 0.131. The predicted octanol–water partition coefficient (Wildman–Crippen LogP) is 7.01. The van der Waals surface area contributed by atoms with E-state index in [2.05, 4.69) is 64.4 Å². The highest BCUT2D eigenvalue weighted by Gasteiger charge is 2.44. The van der Waals surface area contributed by atoms with Crippen LogP contribution < -0.4 is 0 Å². The Morgan fingerprint density at radius 2 is 1.85 bits per heavy atom. The molecular weight excluding hydrogens is 460 g/mol. The summed E-state index contributed by atoms with van der Waals surface area (Å²) in [7, 11) is -1.85. The van der Waals surface area contributed by atoms with Crippen molar-refractivity contribution >= 4 is 22.6 Å². The third-order valence-electron chi connectivity index (χ3n) is 6.30. The lowest BCUT2D eigenvalue weighted by molar-refractivity contribution is -0.140. The van der Waals surface area contributed by atoms with Gasteiger partial charge in [-0.2, -0.15) is 0 Å². The number of fused-ring (bicyclic) bond motifs is 1. The second-order valence-corrected chi connectivity index (χ2v) is 20.8. The molecule has 0 aromatic heterocycles. The maximum atomic E-state index is 11.4. The quantitative estimate of drug-likeness (QED) is 0.103. The van der Waals surface area contributed by atoms with Gasteiger partial charge in [-0.25, -0.2) is 0 Å². The Labute approximate surface area is 210 Å². The molecule has 1 saturated carbocycles. The van der Waals surface area contributed by atoms with Crippen LogP contribution in [0.1, 0.15) is 64.7 Å². The number of hydrogen-bond acceptors (Lipinski definition) is 5. The summed E-state index contributed by atoms with van der Waals surface area (Å²) in [5, 5.41) is 0. The SMILES string of the molecule is CCCCCC(C=CC1C2=CC(CCCCC(=O)OC)OC2CC1O[Si](C)(C)C)O[Si](C)(C)C. The van der Waals surface area contributed by atoms with E-state index in [-0.39, 0.29) is 36.3 Å². The number of methoxy groups -OCH3 is 1. The molecule has 1 aliphatic heterocycles. The largest absolute Gasteiger partial charge is 0.469 e. The number of carbonyl (C=O) groups is 1. The zero-order valence-electron chi connectivity index (χ0n) is 23.0. The third-order valence-corrected chi connectivity index (χ3v) is 8.32. The van der Waals surface area contributed by atoms with Gasteiger partial charge in [0, 0.05) is 18.8 Å². The van der Waals surface area contributed by atoms with Crippen molar-refractivity contribution in [2.75, 3.05) is 7.11 Å². The van der Waals surface area contributed by atoms with Crippen molar-refractivity contribution in [1.29, 1.82) is 0 Å². The fourth-order valence-corrected chi connectivity index (χ4v) is 7.16. The van der Waals surface area contributed by atoms with Crippen LogP contribution >= 0.6 is 0 Å². The van der Waals surface area contributed by atoms with Crippen LogP contribution in [0.3, 0.4) is 0 Å². The first kappa shape index (κ1) is 29.5. The molecule has 0 radical (unpaired) electrons. The maximum absolute atomic E-state index is 11.4. The van der Waals surface area contributed by atoms with Crippen molar-refractivity contribution in [3.8, 4) is 0 Å². The van der Waals surface area contributed by atoms with Crippen molar-refractivity contribution in [3.63, 3.8) is 0 Å². The number of ether oxygens (including phenoxy) is 2. The standard InChI is InChI=1S/C27H50O5Si2/c1-9-10-11-14-21(31-33(3,4)5)17-18-23-24-19-22(15-12-13-16-27(28)29-2)30-25(24)20-26(23)32-34(6,7)8/h17-19,21-23,25-26H,9-16,20H2,1-8H3. The fraction of sp³-hybridized carbons (Fsp3) is 0.815. The molecule has 2 rings (SSSR count). The molecule has 1 heterocycles. The first-order chi connectivity index (χ1) is 15.9.